The summed E-state index contributed by atoms with van der Waals surface area (Å²) in [6.07, 6.45) is 6.45. The SMILES string of the molecule is Cc1ccc(CNC(=O)C2(CN)CCCCCC2)o1. The van der Waals surface area contributed by atoms with Gasteiger partial charge in [0.1, 0.15) is 11.5 Å². The van der Waals surface area contributed by atoms with Crippen molar-refractivity contribution < 1.29 is 9.21 Å². The van der Waals surface area contributed by atoms with E-state index in [1.165, 1.54) is 12.8 Å². The third-order valence-electron chi connectivity index (χ3n) is 4.15. The molecule has 1 aromatic rings. The van der Waals surface area contributed by atoms with Crippen molar-refractivity contribution in [2.45, 2.75) is 52.0 Å². The highest BCUT2D eigenvalue weighted by atomic mass is 16.3. The average Bonchev–Trinajstić information content (AvgIpc) is 2.69. The van der Waals surface area contributed by atoms with Crippen LogP contribution in [0, 0.1) is 12.3 Å². The van der Waals surface area contributed by atoms with Gasteiger partial charge in [-0.25, -0.2) is 0 Å². The lowest BCUT2D eigenvalue weighted by molar-refractivity contribution is -0.131. The van der Waals surface area contributed by atoms with E-state index in [4.69, 9.17) is 10.2 Å². The third kappa shape index (κ3) is 3.38. The molecule has 0 radical (unpaired) electrons. The highest BCUT2D eigenvalue weighted by Gasteiger charge is 2.36. The molecule has 0 aliphatic heterocycles. The molecule has 0 bridgehead atoms. The Kier molecular flexibility index (Phi) is 4.64. The first-order valence-electron chi connectivity index (χ1n) is 7.20. The number of hydrogen-bond acceptors (Lipinski definition) is 3. The maximum atomic E-state index is 12.5. The van der Waals surface area contributed by atoms with Gasteiger partial charge < -0.3 is 15.5 Å². The molecule has 1 aliphatic rings. The summed E-state index contributed by atoms with van der Waals surface area (Å²) in [7, 11) is 0. The summed E-state index contributed by atoms with van der Waals surface area (Å²) < 4.78 is 5.47. The van der Waals surface area contributed by atoms with Crippen molar-refractivity contribution in [3.05, 3.63) is 23.7 Å². The first kappa shape index (κ1) is 14.1. The maximum absolute atomic E-state index is 12.5. The zero-order valence-corrected chi connectivity index (χ0v) is 11.7. The number of aryl methyl sites for hydroxylation is 1. The summed E-state index contributed by atoms with van der Waals surface area (Å²) in [6.45, 7) is 2.79. The van der Waals surface area contributed by atoms with Crippen LogP contribution >= 0.6 is 0 Å². The largest absolute Gasteiger partial charge is 0.465 e. The van der Waals surface area contributed by atoms with Crippen molar-refractivity contribution in [3.8, 4) is 0 Å². The summed E-state index contributed by atoms with van der Waals surface area (Å²) in [5.74, 6) is 1.75. The maximum Gasteiger partial charge on any atom is 0.227 e. The first-order valence-corrected chi connectivity index (χ1v) is 7.20. The van der Waals surface area contributed by atoms with E-state index in [-0.39, 0.29) is 11.3 Å². The Balaban J connectivity index is 1.96. The zero-order valence-electron chi connectivity index (χ0n) is 11.7. The van der Waals surface area contributed by atoms with Crippen LogP contribution in [-0.2, 0) is 11.3 Å². The van der Waals surface area contributed by atoms with E-state index in [2.05, 4.69) is 5.32 Å². The van der Waals surface area contributed by atoms with Gasteiger partial charge in [-0.1, -0.05) is 25.7 Å². The molecule has 1 saturated carbocycles. The zero-order chi connectivity index (χ0) is 13.7. The molecule has 3 N–H and O–H groups in total. The fraction of sp³-hybridized carbons (Fsp3) is 0.667. The fourth-order valence-electron chi connectivity index (χ4n) is 2.86. The molecule has 106 valence electrons. The second-order valence-electron chi connectivity index (χ2n) is 5.59. The lowest BCUT2D eigenvalue weighted by Gasteiger charge is -2.29. The Morgan fingerprint density at radius 3 is 2.53 bits per heavy atom. The van der Waals surface area contributed by atoms with Crippen molar-refractivity contribution in [2.24, 2.45) is 11.1 Å². The van der Waals surface area contributed by atoms with Crippen LogP contribution in [0.3, 0.4) is 0 Å². The number of furan rings is 1. The Hall–Kier alpha value is -1.29. The van der Waals surface area contributed by atoms with Crippen LogP contribution < -0.4 is 11.1 Å². The van der Waals surface area contributed by atoms with Gasteiger partial charge in [0, 0.05) is 6.54 Å². The van der Waals surface area contributed by atoms with Gasteiger partial charge in [-0.05, 0) is 31.9 Å². The molecule has 0 unspecified atom stereocenters. The molecule has 0 atom stereocenters. The van der Waals surface area contributed by atoms with Crippen LogP contribution in [0.15, 0.2) is 16.5 Å². The molecule has 1 amide bonds. The van der Waals surface area contributed by atoms with Gasteiger partial charge in [0.15, 0.2) is 0 Å². The molecule has 0 spiro atoms. The van der Waals surface area contributed by atoms with Crippen LogP contribution in [0.4, 0.5) is 0 Å². The summed E-state index contributed by atoms with van der Waals surface area (Å²) in [5, 5.41) is 2.99. The van der Waals surface area contributed by atoms with E-state index in [1.54, 1.807) is 0 Å². The van der Waals surface area contributed by atoms with E-state index in [9.17, 15) is 4.79 Å². The van der Waals surface area contributed by atoms with Gasteiger partial charge >= 0.3 is 0 Å². The molecule has 4 heteroatoms. The molecule has 4 nitrogen and oxygen atoms in total. The Bertz CT molecular complexity index is 418. The van der Waals surface area contributed by atoms with Crippen LogP contribution in [0.2, 0.25) is 0 Å². The molecule has 1 fully saturated rings. The number of rotatable bonds is 4. The number of carbonyl (C=O) groups excluding carboxylic acids is 1. The lowest BCUT2D eigenvalue weighted by atomic mass is 9.79. The van der Waals surface area contributed by atoms with Crippen molar-refractivity contribution in [1.82, 2.24) is 5.32 Å². The van der Waals surface area contributed by atoms with Crippen molar-refractivity contribution in [1.29, 1.82) is 0 Å². The Morgan fingerprint density at radius 1 is 1.32 bits per heavy atom. The van der Waals surface area contributed by atoms with E-state index in [0.717, 1.165) is 37.2 Å². The van der Waals surface area contributed by atoms with Crippen molar-refractivity contribution in [2.75, 3.05) is 6.54 Å². The van der Waals surface area contributed by atoms with E-state index in [1.807, 2.05) is 19.1 Å². The number of carbonyl (C=O) groups is 1. The summed E-state index contributed by atoms with van der Waals surface area (Å²) in [4.78, 5) is 12.5. The van der Waals surface area contributed by atoms with Gasteiger partial charge in [0.25, 0.3) is 0 Å². The lowest BCUT2D eigenvalue weighted by Crippen LogP contribution is -2.45. The average molecular weight is 264 g/mol. The summed E-state index contributed by atoms with van der Waals surface area (Å²) in [6, 6.07) is 3.81. The second kappa shape index (κ2) is 6.24. The van der Waals surface area contributed by atoms with E-state index in [0.29, 0.717) is 13.1 Å². The molecule has 19 heavy (non-hydrogen) atoms. The van der Waals surface area contributed by atoms with Gasteiger partial charge in [-0.2, -0.15) is 0 Å². The van der Waals surface area contributed by atoms with Crippen molar-refractivity contribution in [3.63, 3.8) is 0 Å². The number of hydrogen-bond donors (Lipinski definition) is 2. The number of nitrogens with one attached hydrogen (secondary N) is 1. The van der Waals surface area contributed by atoms with Crippen molar-refractivity contribution >= 4 is 5.91 Å². The molecule has 0 saturated heterocycles. The minimum Gasteiger partial charge on any atom is -0.465 e. The molecule has 1 aliphatic carbocycles. The van der Waals surface area contributed by atoms with E-state index >= 15 is 0 Å². The summed E-state index contributed by atoms with van der Waals surface area (Å²) in [5.41, 5.74) is 5.53. The Morgan fingerprint density at radius 2 is 2.00 bits per heavy atom. The minimum atomic E-state index is -0.363. The highest BCUT2D eigenvalue weighted by molar-refractivity contribution is 5.82. The predicted octanol–water partition coefficient (Wildman–Crippen LogP) is 2.50. The fourth-order valence-corrected chi connectivity index (χ4v) is 2.86. The van der Waals surface area contributed by atoms with Gasteiger partial charge in [0.2, 0.25) is 5.91 Å². The smallest absolute Gasteiger partial charge is 0.227 e. The van der Waals surface area contributed by atoms with Crippen LogP contribution in [0.25, 0.3) is 0 Å². The third-order valence-corrected chi connectivity index (χ3v) is 4.15. The van der Waals surface area contributed by atoms with Gasteiger partial charge in [-0.3, -0.25) is 4.79 Å². The van der Waals surface area contributed by atoms with Crippen LogP contribution in [-0.4, -0.2) is 12.5 Å². The Labute approximate surface area is 114 Å². The topological polar surface area (TPSA) is 68.3 Å². The minimum absolute atomic E-state index is 0.0888. The molecule has 1 aromatic heterocycles. The van der Waals surface area contributed by atoms with Gasteiger partial charge in [0.05, 0.1) is 12.0 Å². The normalized spacial score (nSPS) is 18.8. The molecule has 2 rings (SSSR count). The molecular formula is C15H24N2O2. The number of nitrogens with two attached hydrogens (primary N) is 1. The summed E-state index contributed by atoms with van der Waals surface area (Å²) >= 11 is 0. The molecule has 0 aromatic carbocycles. The second-order valence-corrected chi connectivity index (χ2v) is 5.59. The standard InChI is InChI=1S/C15H24N2O2/c1-12-6-7-13(19-12)10-17-14(18)15(11-16)8-4-2-3-5-9-15/h6-7H,2-5,8-11,16H2,1H3,(H,17,18). The molecule has 1 heterocycles. The highest BCUT2D eigenvalue weighted by Crippen LogP contribution is 2.34. The van der Waals surface area contributed by atoms with E-state index < -0.39 is 0 Å². The molecular weight excluding hydrogens is 240 g/mol. The monoisotopic (exact) mass is 264 g/mol. The van der Waals surface area contributed by atoms with Gasteiger partial charge in [-0.15, -0.1) is 0 Å². The van der Waals surface area contributed by atoms with Crippen LogP contribution in [0.1, 0.15) is 50.0 Å². The first-order chi connectivity index (χ1) is 9.16. The number of amides is 1. The predicted molar refractivity (Wildman–Crippen MR) is 74.5 cm³/mol. The quantitative estimate of drug-likeness (QED) is 0.821. The van der Waals surface area contributed by atoms with Crippen LogP contribution in [0.5, 0.6) is 0 Å².